The minimum atomic E-state index is -0.757. The third-order valence-corrected chi connectivity index (χ3v) is 6.31. The zero-order chi connectivity index (χ0) is 21.1. The molecule has 1 aliphatic carbocycles. The van der Waals surface area contributed by atoms with Crippen LogP contribution in [0.5, 0.6) is 0 Å². The summed E-state index contributed by atoms with van der Waals surface area (Å²) in [6.07, 6.45) is 6.52. The molecule has 0 N–H and O–H groups in total. The molecule has 0 nitrogen and oxygen atoms in total. The van der Waals surface area contributed by atoms with Crippen molar-refractivity contribution in [2.75, 3.05) is 0 Å². The lowest BCUT2D eigenvalue weighted by atomic mass is 9.83. The van der Waals surface area contributed by atoms with E-state index in [2.05, 4.69) is 0 Å². The van der Waals surface area contributed by atoms with Gasteiger partial charge in [-0.1, -0.05) is 67.8 Å². The summed E-state index contributed by atoms with van der Waals surface area (Å²) in [4.78, 5) is 0. The van der Waals surface area contributed by atoms with Crippen LogP contribution in [-0.2, 0) is 12.8 Å². The molecule has 1 fully saturated rings. The quantitative estimate of drug-likeness (QED) is 0.402. The second-order valence-electron chi connectivity index (χ2n) is 8.46. The Bertz CT molecular complexity index is 1020. The van der Waals surface area contributed by atoms with E-state index in [1.807, 2.05) is 43.3 Å². The van der Waals surface area contributed by atoms with Gasteiger partial charge in [-0.05, 0) is 72.4 Å². The first-order valence-corrected chi connectivity index (χ1v) is 10.8. The lowest BCUT2D eigenvalue weighted by Gasteiger charge is -2.23. The van der Waals surface area contributed by atoms with Gasteiger partial charge in [0.25, 0.3) is 0 Å². The van der Waals surface area contributed by atoms with E-state index >= 15 is 0 Å². The Kier molecular flexibility index (Phi) is 6.26. The van der Waals surface area contributed by atoms with Gasteiger partial charge in [-0.3, -0.25) is 0 Å². The van der Waals surface area contributed by atoms with Crippen molar-refractivity contribution in [1.29, 1.82) is 0 Å². The molecule has 0 aromatic heterocycles. The van der Waals surface area contributed by atoms with Gasteiger partial charge in [0.05, 0.1) is 0 Å². The van der Waals surface area contributed by atoms with Crippen LogP contribution in [0.25, 0.3) is 11.1 Å². The highest BCUT2D eigenvalue weighted by Gasteiger charge is 2.22. The van der Waals surface area contributed by atoms with Crippen LogP contribution in [0.15, 0.2) is 54.6 Å². The van der Waals surface area contributed by atoms with Crippen molar-refractivity contribution in [2.24, 2.45) is 0 Å². The third-order valence-electron chi connectivity index (χ3n) is 6.31. The second-order valence-corrected chi connectivity index (χ2v) is 8.46. The van der Waals surface area contributed by atoms with E-state index in [0.717, 1.165) is 36.8 Å². The van der Waals surface area contributed by atoms with Crippen molar-refractivity contribution in [3.8, 4) is 11.1 Å². The first kappa shape index (κ1) is 20.7. The maximum absolute atomic E-state index is 14.8. The van der Waals surface area contributed by atoms with E-state index in [-0.39, 0.29) is 11.7 Å². The number of benzene rings is 3. The molecule has 3 aromatic rings. The Morgan fingerprint density at radius 2 is 1.50 bits per heavy atom. The van der Waals surface area contributed by atoms with Crippen molar-refractivity contribution in [3.63, 3.8) is 0 Å². The molecule has 0 heterocycles. The molecule has 0 aliphatic heterocycles. The molecule has 0 saturated heterocycles. The van der Waals surface area contributed by atoms with Gasteiger partial charge in [0.2, 0.25) is 0 Å². The highest BCUT2D eigenvalue weighted by Crippen LogP contribution is 2.37. The lowest BCUT2D eigenvalue weighted by Crippen LogP contribution is -2.08. The molecule has 1 aliphatic rings. The molecule has 0 bridgehead atoms. The van der Waals surface area contributed by atoms with E-state index < -0.39 is 11.6 Å². The first-order valence-electron chi connectivity index (χ1n) is 10.8. The number of hydrogen-bond donors (Lipinski definition) is 0. The zero-order valence-corrected chi connectivity index (χ0v) is 17.4. The Balaban J connectivity index is 1.49. The minimum absolute atomic E-state index is 0.131. The molecule has 156 valence electrons. The Morgan fingerprint density at radius 3 is 2.20 bits per heavy atom. The van der Waals surface area contributed by atoms with E-state index in [1.165, 1.54) is 6.42 Å². The van der Waals surface area contributed by atoms with E-state index in [0.29, 0.717) is 35.1 Å². The van der Waals surface area contributed by atoms with Gasteiger partial charge in [0.15, 0.2) is 11.6 Å². The van der Waals surface area contributed by atoms with Gasteiger partial charge in [-0.15, -0.1) is 0 Å². The van der Waals surface area contributed by atoms with E-state index in [9.17, 15) is 13.2 Å². The largest absolute Gasteiger partial charge is 0.207 e. The second kappa shape index (κ2) is 9.07. The summed E-state index contributed by atoms with van der Waals surface area (Å²) in [7, 11) is 0. The molecule has 0 spiro atoms. The van der Waals surface area contributed by atoms with E-state index in [4.69, 9.17) is 0 Å². The fraction of sp³-hybridized carbons (Fsp3) is 0.333. The van der Waals surface area contributed by atoms with Crippen LogP contribution in [-0.4, -0.2) is 0 Å². The Morgan fingerprint density at radius 1 is 0.767 bits per heavy atom. The average Bonchev–Trinajstić information content (AvgIpc) is 2.76. The summed E-state index contributed by atoms with van der Waals surface area (Å²) in [5.41, 5.74) is 4.11. The maximum atomic E-state index is 14.8. The molecule has 0 atom stereocenters. The minimum Gasteiger partial charge on any atom is -0.207 e. The molecular weight excluding hydrogens is 381 g/mol. The molecule has 3 heteroatoms. The van der Waals surface area contributed by atoms with Crippen LogP contribution < -0.4 is 0 Å². The average molecular weight is 409 g/mol. The van der Waals surface area contributed by atoms with Crippen LogP contribution in [0.1, 0.15) is 60.3 Å². The van der Waals surface area contributed by atoms with Crippen molar-refractivity contribution >= 4 is 0 Å². The van der Waals surface area contributed by atoms with Crippen LogP contribution in [0.3, 0.4) is 0 Å². The summed E-state index contributed by atoms with van der Waals surface area (Å²) >= 11 is 0. The zero-order valence-electron chi connectivity index (χ0n) is 17.4. The predicted octanol–water partition coefficient (Wildman–Crippen LogP) is 7.91. The smallest absolute Gasteiger partial charge is 0.166 e. The lowest BCUT2D eigenvalue weighted by molar-refractivity contribution is 0.418. The van der Waals surface area contributed by atoms with Crippen molar-refractivity contribution < 1.29 is 13.2 Å². The number of halogens is 3. The topological polar surface area (TPSA) is 0 Å². The summed E-state index contributed by atoms with van der Waals surface area (Å²) in [6.45, 7) is 1.87. The molecule has 0 amide bonds. The maximum Gasteiger partial charge on any atom is 0.166 e. The molecule has 0 unspecified atom stereocenters. The molecule has 3 aromatic carbocycles. The van der Waals surface area contributed by atoms with Gasteiger partial charge in [0.1, 0.15) is 5.82 Å². The summed E-state index contributed by atoms with van der Waals surface area (Å²) < 4.78 is 43.6. The van der Waals surface area contributed by atoms with Crippen molar-refractivity contribution in [2.45, 2.75) is 57.8 Å². The van der Waals surface area contributed by atoms with Crippen LogP contribution >= 0.6 is 0 Å². The van der Waals surface area contributed by atoms with Gasteiger partial charge in [-0.25, -0.2) is 13.2 Å². The van der Waals surface area contributed by atoms with Gasteiger partial charge >= 0.3 is 0 Å². The van der Waals surface area contributed by atoms with Gasteiger partial charge in [-0.2, -0.15) is 0 Å². The fourth-order valence-corrected chi connectivity index (χ4v) is 4.50. The number of hydrogen-bond acceptors (Lipinski definition) is 0. The van der Waals surface area contributed by atoms with Crippen molar-refractivity contribution in [3.05, 3.63) is 94.3 Å². The standard InChI is InChI=1S/C27H27F3/c1-18-7-11-22(25(28)17-18)14-10-19-8-12-21(13-9-19)24-16-15-23(26(29)27(24)30)20-5-3-2-4-6-20/h7-9,11-13,15-17,20H,2-6,10,14H2,1H3. The van der Waals surface area contributed by atoms with Crippen LogP contribution in [0.4, 0.5) is 13.2 Å². The van der Waals surface area contributed by atoms with E-state index in [1.54, 1.807) is 18.2 Å². The molecular formula is C27H27F3. The van der Waals surface area contributed by atoms with Crippen LogP contribution in [0, 0.1) is 24.4 Å². The summed E-state index contributed by atoms with van der Waals surface area (Å²) in [6, 6.07) is 16.2. The fourth-order valence-electron chi connectivity index (χ4n) is 4.50. The highest BCUT2D eigenvalue weighted by atomic mass is 19.2. The molecule has 4 rings (SSSR count). The summed E-state index contributed by atoms with van der Waals surface area (Å²) in [5, 5.41) is 0. The molecule has 30 heavy (non-hydrogen) atoms. The third kappa shape index (κ3) is 4.45. The van der Waals surface area contributed by atoms with Gasteiger partial charge in [0, 0.05) is 5.56 Å². The van der Waals surface area contributed by atoms with Crippen LogP contribution in [0.2, 0.25) is 0 Å². The first-order chi connectivity index (χ1) is 14.5. The van der Waals surface area contributed by atoms with Gasteiger partial charge < -0.3 is 0 Å². The molecule has 0 radical (unpaired) electrons. The highest BCUT2D eigenvalue weighted by molar-refractivity contribution is 5.65. The molecule has 1 saturated carbocycles. The number of rotatable bonds is 5. The number of aryl methyl sites for hydroxylation is 3. The summed E-state index contributed by atoms with van der Waals surface area (Å²) in [5.74, 6) is -1.50. The van der Waals surface area contributed by atoms with Crippen molar-refractivity contribution in [1.82, 2.24) is 0 Å². The SMILES string of the molecule is Cc1ccc(CCc2ccc(-c3ccc(C4CCCCC4)c(F)c3F)cc2)c(F)c1. The Hall–Kier alpha value is -2.55. The predicted molar refractivity (Wildman–Crippen MR) is 116 cm³/mol. The monoisotopic (exact) mass is 408 g/mol. The Labute approximate surface area is 176 Å². The normalized spacial score (nSPS) is 14.8.